The first-order valence-corrected chi connectivity index (χ1v) is 8.69. The Labute approximate surface area is 131 Å². The number of benzene rings is 1. The van der Waals surface area contributed by atoms with Gasteiger partial charge in [0.05, 0.1) is 0 Å². The number of halogens is 1. The van der Waals surface area contributed by atoms with Gasteiger partial charge in [0.2, 0.25) is 0 Å². The van der Waals surface area contributed by atoms with Crippen LogP contribution in [0.3, 0.4) is 0 Å². The molecular formula is C17H25BrN2. The van der Waals surface area contributed by atoms with Crippen LogP contribution in [0.1, 0.15) is 38.7 Å². The first-order chi connectivity index (χ1) is 9.63. The van der Waals surface area contributed by atoms with Crippen molar-refractivity contribution in [1.82, 2.24) is 5.32 Å². The number of piperidine rings is 1. The van der Waals surface area contributed by atoms with Gasteiger partial charge >= 0.3 is 0 Å². The van der Waals surface area contributed by atoms with Crippen molar-refractivity contribution in [2.75, 3.05) is 18.0 Å². The van der Waals surface area contributed by atoms with E-state index in [0.717, 1.165) is 24.4 Å². The minimum Gasteiger partial charge on any atom is -0.371 e. The Morgan fingerprint density at radius 3 is 2.70 bits per heavy atom. The number of anilines is 1. The van der Waals surface area contributed by atoms with E-state index in [2.05, 4.69) is 58.2 Å². The van der Waals surface area contributed by atoms with Gasteiger partial charge in [0, 0.05) is 35.8 Å². The summed E-state index contributed by atoms with van der Waals surface area (Å²) in [5.74, 6) is 1.64. The smallest absolute Gasteiger partial charge is 0.0412 e. The SMILES string of the molecule is CC1CCN(c2ccc(Br)cc2CNC2CC2)CC1C. The predicted octanol–water partition coefficient (Wildman–Crippen LogP) is 4.18. The van der Waals surface area contributed by atoms with E-state index >= 15 is 0 Å². The van der Waals surface area contributed by atoms with Crippen molar-refractivity contribution in [2.24, 2.45) is 11.8 Å². The van der Waals surface area contributed by atoms with Crippen LogP contribution in [0, 0.1) is 11.8 Å². The fourth-order valence-corrected chi connectivity index (χ4v) is 3.44. The van der Waals surface area contributed by atoms with Crippen molar-refractivity contribution in [3.8, 4) is 0 Å². The molecule has 1 aromatic rings. The lowest BCUT2D eigenvalue weighted by molar-refractivity contribution is 0.323. The Hall–Kier alpha value is -0.540. The van der Waals surface area contributed by atoms with Gasteiger partial charge in [-0.2, -0.15) is 0 Å². The molecule has 1 aromatic carbocycles. The molecular weight excluding hydrogens is 312 g/mol. The van der Waals surface area contributed by atoms with E-state index in [4.69, 9.17) is 0 Å². The number of hydrogen-bond acceptors (Lipinski definition) is 2. The van der Waals surface area contributed by atoms with E-state index < -0.39 is 0 Å². The van der Waals surface area contributed by atoms with Crippen LogP contribution in [-0.2, 0) is 6.54 Å². The van der Waals surface area contributed by atoms with Gasteiger partial charge in [-0.3, -0.25) is 0 Å². The largest absolute Gasteiger partial charge is 0.371 e. The van der Waals surface area contributed by atoms with Crippen LogP contribution >= 0.6 is 15.9 Å². The summed E-state index contributed by atoms with van der Waals surface area (Å²) in [7, 11) is 0. The van der Waals surface area contributed by atoms with E-state index in [1.165, 1.54) is 48.1 Å². The Morgan fingerprint density at radius 1 is 1.20 bits per heavy atom. The van der Waals surface area contributed by atoms with Crippen molar-refractivity contribution >= 4 is 21.6 Å². The molecule has 0 spiro atoms. The van der Waals surface area contributed by atoms with Crippen LogP contribution in [0.25, 0.3) is 0 Å². The van der Waals surface area contributed by atoms with E-state index in [0.29, 0.717) is 0 Å². The molecule has 1 aliphatic carbocycles. The first-order valence-electron chi connectivity index (χ1n) is 7.90. The van der Waals surface area contributed by atoms with Crippen LogP contribution in [0.5, 0.6) is 0 Å². The number of nitrogens with zero attached hydrogens (tertiary/aromatic N) is 1. The summed E-state index contributed by atoms with van der Waals surface area (Å²) in [6.45, 7) is 8.17. The van der Waals surface area contributed by atoms with Crippen LogP contribution in [0.15, 0.2) is 22.7 Å². The molecule has 2 atom stereocenters. The van der Waals surface area contributed by atoms with E-state index in [-0.39, 0.29) is 0 Å². The molecule has 3 heteroatoms. The fraction of sp³-hybridized carbons (Fsp3) is 0.647. The molecule has 0 radical (unpaired) electrons. The maximum Gasteiger partial charge on any atom is 0.0412 e. The van der Waals surface area contributed by atoms with Crippen molar-refractivity contribution in [3.05, 3.63) is 28.2 Å². The number of hydrogen-bond donors (Lipinski definition) is 1. The Morgan fingerprint density at radius 2 is 2.00 bits per heavy atom. The van der Waals surface area contributed by atoms with Gasteiger partial charge in [0.25, 0.3) is 0 Å². The van der Waals surface area contributed by atoms with Gasteiger partial charge in [-0.1, -0.05) is 29.8 Å². The normalized spacial score (nSPS) is 26.9. The average Bonchev–Trinajstić information content (AvgIpc) is 3.24. The van der Waals surface area contributed by atoms with Gasteiger partial charge in [-0.25, -0.2) is 0 Å². The molecule has 110 valence electrons. The highest BCUT2D eigenvalue weighted by Gasteiger charge is 2.25. The molecule has 1 N–H and O–H groups in total. The second kappa shape index (κ2) is 6.07. The molecule has 1 aliphatic heterocycles. The Balaban J connectivity index is 1.76. The molecule has 0 aromatic heterocycles. The van der Waals surface area contributed by atoms with Gasteiger partial charge in [-0.15, -0.1) is 0 Å². The maximum atomic E-state index is 3.65. The first kappa shape index (κ1) is 14.4. The van der Waals surface area contributed by atoms with Crippen molar-refractivity contribution in [1.29, 1.82) is 0 Å². The second-order valence-electron chi connectivity index (χ2n) is 6.62. The summed E-state index contributed by atoms with van der Waals surface area (Å²) in [5, 5.41) is 3.65. The quantitative estimate of drug-likeness (QED) is 0.887. The van der Waals surface area contributed by atoms with Gasteiger partial charge in [0.15, 0.2) is 0 Å². The zero-order chi connectivity index (χ0) is 14.1. The summed E-state index contributed by atoms with van der Waals surface area (Å²) in [6.07, 6.45) is 4.01. The van der Waals surface area contributed by atoms with E-state index in [1.54, 1.807) is 0 Å². The third-order valence-electron chi connectivity index (χ3n) is 4.87. The Kier molecular flexibility index (Phi) is 4.37. The van der Waals surface area contributed by atoms with Crippen LogP contribution in [0.2, 0.25) is 0 Å². The lowest BCUT2D eigenvalue weighted by Gasteiger charge is -2.38. The molecule has 2 aliphatic rings. The minimum atomic E-state index is 0.766. The molecule has 20 heavy (non-hydrogen) atoms. The van der Waals surface area contributed by atoms with Crippen molar-refractivity contribution < 1.29 is 0 Å². The van der Waals surface area contributed by atoms with E-state index in [1.807, 2.05) is 0 Å². The zero-order valence-corrected chi connectivity index (χ0v) is 14.1. The highest BCUT2D eigenvalue weighted by atomic mass is 79.9. The molecule has 2 nitrogen and oxygen atoms in total. The zero-order valence-electron chi connectivity index (χ0n) is 12.5. The van der Waals surface area contributed by atoms with E-state index in [9.17, 15) is 0 Å². The lowest BCUT2D eigenvalue weighted by atomic mass is 9.88. The Bertz CT molecular complexity index is 470. The van der Waals surface area contributed by atoms with Crippen molar-refractivity contribution in [2.45, 2.75) is 45.7 Å². The average molecular weight is 337 g/mol. The monoisotopic (exact) mass is 336 g/mol. The predicted molar refractivity (Wildman–Crippen MR) is 89.2 cm³/mol. The van der Waals surface area contributed by atoms with Gasteiger partial charge in [-0.05, 0) is 54.9 Å². The third kappa shape index (κ3) is 3.37. The lowest BCUT2D eigenvalue weighted by Crippen LogP contribution is -2.39. The maximum absolute atomic E-state index is 3.65. The fourth-order valence-electron chi connectivity index (χ4n) is 3.03. The number of nitrogens with one attached hydrogen (secondary N) is 1. The molecule has 0 amide bonds. The highest BCUT2D eigenvalue weighted by molar-refractivity contribution is 9.10. The molecule has 1 saturated carbocycles. The standard InChI is InChI=1S/C17H25BrN2/c1-12-7-8-20(11-13(12)2)17-6-3-15(18)9-14(17)10-19-16-4-5-16/h3,6,9,12-13,16,19H,4-5,7-8,10-11H2,1-2H3. The summed E-state index contributed by atoms with van der Waals surface area (Å²) >= 11 is 3.62. The molecule has 2 fully saturated rings. The highest BCUT2D eigenvalue weighted by Crippen LogP contribution is 2.31. The summed E-state index contributed by atoms with van der Waals surface area (Å²) < 4.78 is 1.19. The minimum absolute atomic E-state index is 0.766. The molecule has 1 heterocycles. The number of rotatable bonds is 4. The van der Waals surface area contributed by atoms with Crippen LogP contribution in [-0.4, -0.2) is 19.1 Å². The van der Waals surface area contributed by atoms with Crippen molar-refractivity contribution in [3.63, 3.8) is 0 Å². The van der Waals surface area contributed by atoms with Crippen LogP contribution in [0.4, 0.5) is 5.69 Å². The molecule has 1 saturated heterocycles. The summed E-state index contributed by atoms with van der Waals surface area (Å²) in [4.78, 5) is 2.58. The third-order valence-corrected chi connectivity index (χ3v) is 5.37. The topological polar surface area (TPSA) is 15.3 Å². The summed E-state index contributed by atoms with van der Waals surface area (Å²) in [5.41, 5.74) is 2.87. The molecule has 3 rings (SSSR count). The molecule has 2 unspecified atom stereocenters. The second-order valence-corrected chi connectivity index (χ2v) is 7.53. The summed E-state index contributed by atoms with van der Waals surface area (Å²) in [6, 6.07) is 7.52. The van der Waals surface area contributed by atoms with Crippen LogP contribution < -0.4 is 10.2 Å². The molecule has 0 bridgehead atoms. The van der Waals surface area contributed by atoms with Gasteiger partial charge in [0.1, 0.15) is 0 Å². The van der Waals surface area contributed by atoms with Gasteiger partial charge < -0.3 is 10.2 Å².